The van der Waals surface area contributed by atoms with E-state index in [4.69, 9.17) is 16.3 Å². The van der Waals surface area contributed by atoms with Crippen LogP contribution in [0.15, 0.2) is 29.2 Å². The maximum atomic E-state index is 13.4. The summed E-state index contributed by atoms with van der Waals surface area (Å²) in [6.45, 7) is 5.70. The van der Waals surface area contributed by atoms with Crippen LogP contribution in [0, 0.1) is 5.82 Å². The van der Waals surface area contributed by atoms with Gasteiger partial charge in [-0.05, 0) is 31.0 Å². The molecule has 0 unspecified atom stereocenters. The lowest BCUT2D eigenvalue weighted by Crippen LogP contribution is -2.15. The number of hydrogen-bond acceptors (Lipinski definition) is 4. The van der Waals surface area contributed by atoms with Crippen molar-refractivity contribution in [3.8, 4) is 11.4 Å². The van der Waals surface area contributed by atoms with Gasteiger partial charge in [0.05, 0.1) is 17.2 Å². The number of hydrogen-bond donors (Lipinski definition) is 1. The molecule has 0 radical (unpaired) electrons. The molecule has 2 heterocycles. The van der Waals surface area contributed by atoms with Crippen LogP contribution in [0.25, 0.3) is 16.9 Å². The highest BCUT2D eigenvalue weighted by Gasteiger charge is 2.23. The molecule has 0 aliphatic carbocycles. The molecule has 0 atom stereocenters. The molecule has 26 heavy (non-hydrogen) atoms. The van der Waals surface area contributed by atoms with Gasteiger partial charge >= 0.3 is 5.97 Å². The molecular formula is C18H17ClFN3O3. The van der Waals surface area contributed by atoms with Gasteiger partial charge in [0, 0.05) is 17.3 Å². The number of benzene rings is 1. The minimum Gasteiger partial charge on any atom is -0.462 e. The van der Waals surface area contributed by atoms with Crippen LogP contribution in [0.1, 0.15) is 42.6 Å². The van der Waals surface area contributed by atoms with Gasteiger partial charge in [0.25, 0.3) is 5.56 Å². The third kappa shape index (κ3) is 3.10. The molecule has 0 aliphatic rings. The Labute approximate surface area is 153 Å². The van der Waals surface area contributed by atoms with Crippen molar-refractivity contribution in [2.45, 2.75) is 26.7 Å². The molecule has 6 nitrogen and oxygen atoms in total. The number of carbonyl (C=O) groups is 1. The van der Waals surface area contributed by atoms with Crippen molar-refractivity contribution in [1.29, 1.82) is 0 Å². The number of esters is 1. The fraction of sp³-hybridized carbons (Fsp3) is 0.278. The third-order valence-electron chi connectivity index (χ3n) is 3.95. The summed E-state index contributed by atoms with van der Waals surface area (Å²) < 4.78 is 19.8. The molecule has 0 amide bonds. The standard InChI is InChI=1S/C18H17ClFN3O3/c1-4-26-18(25)11-8-23-15(14(11)9(2)3)17(24)21-16(22-23)10-5-6-13(20)12(19)7-10/h5-9H,4H2,1-3H3,(H,21,22,24). The summed E-state index contributed by atoms with van der Waals surface area (Å²) in [6, 6.07) is 4.03. The summed E-state index contributed by atoms with van der Waals surface area (Å²) >= 11 is 5.81. The minimum absolute atomic E-state index is 0.0761. The number of nitrogens with zero attached hydrogens (tertiary/aromatic N) is 2. The monoisotopic (exact) mass is 377 g/mol. The molecule has 0 saturated heterocycles. The molecule has 0 saturated carbocycles. The SMILES string of the molecule is CCOC(=O)c1cn2nc(-c3ccc(F)c(Cl)c3)[nH]c(=O)c2c1C(C)C. The summed E-state index contributed by atoms with van der Waals surface area (Å²) in [5.74, 6) is -0.947. The van der Waals surface area contributed by atoms with Gasteiger partial charge in [-0.2, -0.15) is 0 Å². The normalized spacial score (nSPS) is 11.3. The molecule has 2 aromatic heterocycles. The van der Waals surface area contributed by atoms with E-state index in [-0.39, 0.29) is 28.9 Å². The van der Waals surface area contributed by atoms with Crippen molar-refractivity contribution in [2.24, 2.45) is 0 Å². The van der Waals surface area contributed by atoms with Crippen molar-refractivity contribution in [3.05, 3.63) is 56.7 Å². The summed E-state index contributed by atoms with van der Waals surface area (Å²) in [6.07, 6.45) is 1.48. The smallest absolute Gasteiger partial charge is 0.340 e. The van der Waals surface area contributed by atoms with Gasteiger partial charge in [-0.25, -0.2) is 13.7 Å². The molecule has 1 aromatic carbocycles. The molecular weight excluding hydrogens is 361 g/mol. The first-order valence-corrected chi connectivity index (χ1v) is 8.49. The fourth-order valence-corrected chi connectivity index (χ4v) is 3.02. The number of carbonyl (C=O) groups excluding carboxylic acids is 1. The fourth-order valence-electron chi connectivity index (χ4n) is 2.84. The first-order valence-electron chi connectivity index (χ1n) is 8.11. The lowest BCUT2D eigenvalue weighted by atomic mass is 10.0. The molecule has 0 aliphatic heterocycles. The quantitative estimate of drug-likeness (QED) is 0.702. The van der Waals surface area contributed by atoms with Crippen molar-refractivity contribution in [1.82, 2.24) is 14.6 Å². The molecule has 3 rings (SSSR count). The van der Waals surface area contributed by atoms with Gasteiger partial charge in [-0.15, -0.1) is 5.10 Å². The number of aromatic amines is 1. The van der Waals surface area contributed by atoms with E-state index < -0.39 is 17.3 Å². The topological polar surface area (TPSA) is 76.5 Å². The van der Waals surface area contributed by atoms with Crippen molar-refractivity contribution < 1.29 is 13.9 Å². The van der Waals surface area contributed by atoms with Crippen LogP contribution < -0.4 is 5.56 Å². The molecule has 3 aromatic rings. The van der Waals surface area contributed by atoms with Gasteiger partial charge in [0.1, 0.15) is 11.3 Å². The predicted octanol–water partition coefficient (Wildman–Crippen LogP) is 3.78. The molecule has 0 fully saturated rings. The van der Waals surface area contributed by atoms with Crippen LogP contribution in [0.5, 0.6) is 0 Å². The Morgan fingerprint density at radius 1 is 1.42 bits per heavy atom. The Kier molecular flexibility index (Phi) is 4.82. The zero-order valence-corrected chi connectivity index (χ0v) is 15.2. The molecule has 1 N–H and O–H groups in total. The first-order chi connectivity index (χ1) is 12.3. The van der Waals surface area contributed by atoms with Crippen molar-refractivity contribution in [3.63, 3.8) is 0 Å². The molecule has 136 valence electrons. The predicted molar refractivity (Wildman–Crippen MR) is 96.3 cm³/mol. The number of aromatic nitrogens is 3. The zero-order chi connectivity index (χ0) is 19.0. The van der Waals surface area contributed by atoms with Crippen LogP contribution in [-0.2, 0) is 4.74 Å². The van der Waals surface area contributed by atoms with Crippen LogP contribution in [0.3, 0.4) is 0 Å². The van der Waals surface area contributed by atoms with E-state index in [1.54, 1.807) is 6.92 Å². The Hall–Kier alpha value is -2.67. The van der Waals surface area contributed by atoms with E-state index in [0.29, 0.717) is 16.7 Å². The first kappa shape index (κ1) is 18.1. The van der Waals surface area contributed by atoms with E-state index in [1.165, 1.54) is 28.9 Å². The maximum Gasteiger partial charge on any atom is 0.340 e. The summed E-state index contributed by atoms with van der Waals surface area (Å²) in [5.41, 5.74) is 1.19. The number of H-pyrrole nitrogens is 1. The second-order valence-corrected chi connectivity index (χ2v) is 6.46. The lowest BCUT2D eigenvalue weighted by Gasteiger charge is -2.07. The minimum atomic E-state index is -0.563. The zero-order valence-electron chi connectivity index (χ0n) is 14.5. The van der Waals surface area contributed by atoms with Crippen LogP contribution in [0.4, 0.5) is 4.39 Å². The van der Waals surface area contributed by atoms with E-state index >= 15 is 0 Å². The van der Waals surface area contributed by atoms with Crippen molar-refractivity contribution >= 4 is 23.1 Å². The lowest BCUT2D eigenvalue weighted by molar-refractivity contribution is 0.0525. The van der Waals surface area contributed by atoms with Crippen molar-refractivity contribution in [2.75, 3.05) is 6.61 Å². The number of ether oxygens (including phenoxy) is 1. The van der Waals surface area contributed by atoms with Crippen LogP contribution in [-0.4, -0.2) is 27.2 Å². The van der Waals surface area contributed by atoms with Crippen LogP contribution >= 0.6 is 11.6 Å². The van der Waals surface area contributed by atoms with Gasteiger partial charge in [0.15, 0.2) is 5.82 Å². The Balaban J connectivity index is 2.24. The Bertz CT molecular complexity index is 1060. The third-order valence-corrected chi connectivity index (χ3v) is 4.24. The van der Waals surface area contributed by atoms with Crippen LogP contribution in [0.2, 0.25) is 5.02 Å². The highest BCUT2D eigenvalue weighted by atomic mass is 35.5. The molecule has 8 heteroatoms. The van der Waals surface area contributed by atoms with E-state index in [0.717, 1.165) is 0 Å². The average Bonchev–Trinajstić information content (AvgIpc) is 2.98. The number of nitrogens with one attached hydrogen (secondary N) is 1. The highest BCUT2D eigenvalue weighted by Crippen LogP contribution is 2.26. The van der Waals surface area contributed by atoms with Gasteiger partial charge < -0.3 is 9.72 Å². The maximum absolute atomic E-state index is 13.4. The summed E-state index contributed by atoms with van der Waals surface area (Å²) in [4.78, 5) is 27.6. The van der Waals surface area contributed by atoms with E-state index in [1.807, 2.05) is 13.8 Å². The Morgan fingerprint density at radius 3 is 2.77 bits per heavy atom. The van der Waals surface area contributed by atoms with Gasteiger partial charge in [-0.1, -0.05) is 25.4 Å². The highest BCUT2D eigenvalue weighted by molar-refractivity contribution is 6.31. The second kappa shape index (κ2) is 6.92. The number of halogens is 2. The molecule has 0 spiro atoms. The number of fused-ring (bicyclic) bond motifs is 1. The molecule has 0 bridgehead atoms. The number of rotatable bonds is 4. The Morgan fingerprint density at radius 2 is 2.15 bits per heavy atom. The largest absolute Gasteiger partial charge is 0.462 e. The van der Waals surface area contributed by atoms with Gasteiger partial charge in [-0.3, -0.25) is 4.79 Å². The van der Waals surface area contributed by atoms with Gasteiger partial charge in [0.2, 0.25) is 0 Å². The summed E-state index contributed by atoms with van der Waals surface area (Å²) in [5, 5.41) is 4.28. The average molecular weight is 378 g/mol. The van der Waals surface area contributed by atoms with E-state index in [2.05, 4.69) is 10.1 Å². The summed E-state index contributed by atoms with van der Waals surface area (Å²) in [7, 11) is 0. The van der Waals surface area contributed by atoms with E-state index in [9.17, 15) is 14.0 Å². The second-order valence-electron chi connectivity index (χ2n) is 6.06.